The van der Waals surface area contributed by atoms with Crippen molar-refractivity contribution in [3.05, 3.63) is 65.2 Å². The third-order valence-corrected chi connectivity index (χ3v) is 4.68. The van der Waals surface area contributed by atoms with Gasteiger partial charge in [-0.15, -0.1) is 0 Å². The number of likely N-dealkylation sites (N-methyl/N-ethyl adjacent to an activating group) is 1. The zero-order valence-electron chi connectivity index (χ0n) is 16.5. The van der Waals surface area contributed by atoms with Gasteiger partial charge in [-0.25, -0.2) is 0 Å². The Morgan fingerprint density at radius 1 is 1.04 bits per heavy atom. The van der Waals surface area contributed by atoms with Crippen LogP contribution in [0.25, 0.3) is 0 Å². The normalized spacial score (nSPS) is 11.6. The number of nitrogens with zero attached hydrogens (tertiary/aromatic N) is 1. The molecule has 2 rings (SSSR count). The molecule has 0 saturated carbocycles. The predicted molar refractivity (Wildman–Crippen MR) is 107 cm³/mol. The number of hydrogen-bond acceptors (Lipinski definition) is 3. The van der Waals surface area contributed by atoms with E-state index in [1.807, 2.05) is 69.3 Å². The Morgan fingerprint density at radius 3 is 2.26 bits per heavy atom. The average molecular weight is 368 g/mol. The summed E-state index contributed by atoms with van der Waals surface area (Å²) in [6.45, 7) is 6.10. The Morgan fingerprint density at radius 2 is 1.67 bits per heavy atom. The summed E-state index contributed by atoms with van der Waals surface area (Å²) in [5.74, 6) is 0.293. The lowest BCUT2D eigenvalue weighted by Gasteiger charge is -2.30. The zero-order valence-corrected chi connectivity index (χ0v) is 16.5. The fraction of sp³-hybridized carbons (Fsp3) is 0.364. The summed E-state index contributed by atoms with van der Waals surface area (Å²) in [5.41, 5.74) is 3.07. The van der Waals surface area contributed by atoms with Crippen molar-refractivity contribution in [2.75, 3.05) is 13.7 Å². The van der Waals surface area contributed by atoms with Gasteiger partial charge in [0.1, 0.15) is 11.8 Å². The van der Waals surface area contributed by atoms with E-state index >= 15 is 0 Å². The summed E-state index contributed by atoms with van der Waals surface area (Å²) in [4.78, 5) is 26.9. The van der Waals surface area contributed by atoms with Gasteiger partial charge in [-0.05, 0) is 43.0 Å². The van der Waals surface area contributed by atoms with Gasteiger partial charge >= 0.3 is 0 Å². The number of aryl methyl sites for hydroxylation is 2. The smallest absolute Gasteiger partial charge is 0.261 e. The summed E-state index contributed by atoms with van der Waals surface area (Å²) in [5, 5.41) is 2.66. The number of rotatable bonds is 8. The highest BCUT2D eigenvalue weighted by Gasteiger charge is 2.28. The molecule has 0 saturated heterocycles. The van der Waals surface area contributed by atoms with Crippen molar-refractivity contribution < 1.29 is 14.3 Å². The van der Waals surface area contributed by atoms with Gasteiger partial charge in [0.25, 0.3) is 5.91 Å². The number of para-hydroxylation sites is 1. The van der Waals surface area contributed by atoms with Crippen LogP contribution in [-0.2, 0) is 16.1 Å². The van der Waals surface area contributed by atoms with Gasteiger partial charge in [-0.1, -0.05) is 49.4 Å². The number of hydrogen-bond donors (Lipinski definition) is 1. The highest BCUT2D eigenvalue weighted by Crippen LogP contribution is 2.18. The zero-order chi connectivity index (χ0) is 19.8. The summed E-state index contributed by atoms with van der Waals surface area (Å²) < 4.78 is 5.73. The van der Waals surface area contributed by atoms with E-state index < -0.39 is 6.04 Å². The number of nitrogens with one attached hydrogen (secondary N) is 1. The van der Waals surface area contributed by atoms with Crippen LogP contribution >= 0.6 is 0 Å². The summed E-state index contributed by atoms with van der Waals surface area (Å²) in [6.07, 6.45) is 0.529. The van der Waals surface area contributed by atoms with Crippen LogP contribution in [0.1, 0.15) is 30.0 Å². The van der Waals surface area contributed by atoms with E-state index in [0.717, 1.165) is 16.7 Å². The number of amides is 2. The quantitative estimate of drug-likeness (QED) is 0.778. The second kappa shape index (κ2) is 9.76. The minimum atomic E-state index is -0.539. The molecule has 1 atom stereocenters. The predicted octanol–water partition coefficient (Wildman–Crippen LogP) is 3.24. The van der Waals surface area contributed by atoms with Gasteiger partial charge in [-0.2, -0.15) is 0 Å². The van der Waals surface area contributed by atoms with Crippen molar-refractivity contribution in [2.24, 2.45) is 0 Å². The molecule has 27 heavy (non-hydrogen) atoms. The van der Waals surface area contributed by atoms with Gasteiger partial charge in [-0.3, -0.25) is 9.59 Å². The van der Waals surface area contributed by atoms with Crippen LogP contribution in [0.3, 0.4) is 0 Å². The Labute approximate surface area is 161 Å². The Hall–Kier alpha value is -2.82. The molecule has 0 aromatic heterocycles. The van der Waals surface area contributed by atoms with E-state index in [4.69, 9.17) is 4.74 Å². The Balaban J connectivity index is 2.22. The molecule has 0 aliphatic heterocycles. The second-order valence-corrected chi connectivity index (χ2v) is 6.54. The number of benzene rings is 2. The fourth-order valence-electron chi connectivity index (χ4n) is 3.00. The molecule has 1 N–H and O–H groups in total. The van der Waals surface area contributed by atoms with Crippen molar-refractivity contribution in [2.45, 2.75) is 39.8 Å². The maximum Gasteiger partial charge on any atom is 0.261 e. The molecule has 0 unspecified atom stereocenters. The lowest BCUT2D eigenvalue weighted by molar-refractivity contribution is -0.142. The van der Waals surface area contributed by atoms with Crippen molar-refractivity contribution >= 4 is 11.8 Å². The van der Waals surface area contributed by atoms with E-state index in [1.54, 1.807) is 11.9 Å². The third-order valence-electron chi connectivity index (χ3n) is 4.68. The summed E-state index contributed by atoms with van der Waals surface area (Å²) in [6, 6.07) is 14.9. The first-order valence-electron chi connectivity index (χ1n) is 9.21. The molecule has 144 valence electrons. The van der Waals surface area contributed by atoms with Crippen LogP contribution in [0.4, 0.5) is 0 Å². The van der Waals surface area contributed by atoms with Crippen LogP contribution < -0.4 is 10.1 Å². The number of ether oxygens (including phenoxy) is 1. The van der Waals surface area contributed by atoms with Crippen LogP contribution in [0, 0.1) is 13.8 Å². The van der Waals surface area contributed by atoms with Crippen molar-refractivity contribution in [3.8, 4) is 5.75 Å². The average Bonchev–Trinajstić information content (AvgIpc) is 2.68. The minimum Gasteiger partial charge on any atom is -0.484 e. The van der Waals surface area contributed by atoms with E-state index in [9.17, 15) is 9.59 Å². The van der Waals surface area contributed by atoms with Crippen LogP contribution in [0.2, 0.25) is 0 Å². The number of carbonyl (C=O) groups is 2. The van der Waals surface area contributed by atoms with Crippen LogP contribution in [0.5, 0.6) is 5.75 Å². The van der Waals surface area contributed by atoms with E-state index in [1.165, 1.54) is 0 Å². The molecular formula is C22H28N2O3. The minimum absolute atomic E-state index is 0.107. The highest BCUT2D eigenvalue weighted by molar-refractivity contribution is 5.88. The van der Waals surface area contributed by atoms with Gasteiger partial charge in [0, 0.05) is 13.6 Å². The van der Waals surface area contributed by atoms with Crippen LogP contribution in [0.15, 0.2) is 48.5 Å². The molecule has 0 radical (unpaired) electrons. The molecular weight excluding hydrogens is 340 g/mol. The highest BCUT2D eigenvalue weighted by atomic mass is 16.5. The fourth-order valence-corrected chi connectivity index (χ4v) is 3.00. The Kier molecular flexibility index (Phi) is 7.41. The topological polar surface area (TPSA) is 58.6 Å². The lowest BCUT2D eigenvalue weighted by Crippen LogP contribution is -2.49. The molecule has 0 aliphatic rings. The molecule has 2 aromatic carbocycles. The van der Waals surface area contributed by atoms with Gasteiger partial charge in [0.05, 0.1) is 0 Å². The maximum atomic E-state index is 13.0. The third kappa shape index (κ3) is 5.33. The van der Waals surface area contributed by atoms with Gasteiger partial charge in [0.15, 0.2) is 6.61 Å². The SMILES string of the molecule is CC[C@@H](C(=O)NC)N(Cc1ccccc1C)C(=O)COc1ccccc1C. The summed E-state index contributed by atoms with van der Waals surface area (Å²) in [7, 11) is 1.59. The first-order chi connectivity index (χ1) is 13.0. The molecule has 0 spiro atoms. The van der Waals surface area contributed by atoms with E-state index in [-0.39, 0.29) is 18.4 Å². The van der Waals surface area contributed by atoms with E-state index in [2.05, 4.69) is 5.32 Å². The monoisotopic (exact) mass is 368 g/mol. The number of carbonyl (C=O) groups excluding carboxylic acids is 2. The molecule has 0 aliphatic carbocycles. The second-order valence-electron chi connectivity index (χ2n) is 6.54. The molecule has 0 fully saturated rings. The molecule has 0 heterocycles. The van der Waals surface area contributed by atoms with Crippen molar-refractivity contribution in [3.63, 3.8) is 0 Å². The lowest BCUT2D eigenvalue weighted by atomic mass is 10.1. The molecule has 0 bridgehead atoms. The van der Waals surface area contributed by atoms with Crippen molar-refractivity contribution in [1.82, 2.24) is 10.2 Å². The first kappa shape index (κ1) is 20.5. The van der Waals surface area contributed by atoms with Gasteiger partial charge < -0.3 is 15.0 Å². The molecule has 2 amide bonds. The van der Waals surface area contributed by atoms with Crippen molar-refractivity contribution in [1.29, 1.82) is 0 Å². The van der Waals surface area contributed by atoms with Gasteiger partial charge in [0.2, 0.25) is 5.91 Å². The molecule has 5 heteroatoms. The maximum absolute atomic E-state index is 13.0. The molecule has 2 aromatic rings. The first-order valence-corrected chi connectivity index (χ1v) is 9.21. The van der Waals surface area contributed by atoms with E-state index in [0.29, 0.717) is 18.7 Å². The largest absolute Gasteiger partial charge is 0.484 e. The molecule has 5 nitrogen and oxygen atoms in total. The summed E-state index contributed by atoms with van der Waals surface area (Å²) >= 11 is 0. The standard InChI is InChI=1S/C22H28N2O3/c1-5-19(22(26)23-4)24(14-18-12-8-6-10-16(18)2)21(25)15-27-20-13-9-7-11-17(20)3/h6-13,19H,5,14-15H2,1-4H3,(H,23,26)/t19-/m0/s1. The Bertz CT molecular complexity index is 789. The van der Waals surface area contributed by atoms with Crippen LogP contribution in [-0.4, -0.2) is 36.4 Å².